The SMILES string of the molecule is COc1cccc(N2CCN(C(=O)c3cccc(N4C(=O)NC5CC4(C)Oc4c(OC)cccc45)c3)CC2)c1. The molecule has 9 heteroatoms. The van der Waals surface area contributed by atoms with E-state index in [0.29, 0.717) is 42.3 Å². The first-order valence-electron chi connectivity index (χ1n) is 13.2. The average Bonchev–Trinajstić information content (AvgIpc) is 2.96. The summed E-state index contributed by atoms with van der Waals surface area (Å²) in [7, 11) is 3.26. The van der Waals surface area contributed by atoms with E-state index in [1.54, 1.807) is 31.3 Å². The molecule has 3 aliphatic heterocycles. The Morgan fingerprint density at radius 3 is 2.46 bits per heavy atom. The van der Waals surface area contributed by atoms with Crippen LogP contribution in [0.15, 0.2) is 66.7 Å². The summed E-state index contributed by atoms with van der Waals surface area (Å²) < 4.78 is 17.4. The maximum atomic E-state index is 13.5. The summed E-state index contributed by atoms with van der Waals surface area (Å²) >= 11 is 0. The maximum Gasteiger partial charge on any atom is 0.325 e. The number of anilines is 2. The number of ether oxygens (including phenoxy) is 3. The minimum atomic E-state index is -0.946. The number of methoxy groups -OCH3 is 2. The highest BCUT2D eigenvalue weighted by molar-refractivity contribution is 5.99. The molecular formula is C30H32N4O5. The van der Waals surface area contributed by atoms with Gasteiger partial charge in [0.05, 0.1) is 25.9 Å². The van der Waals surface area contributed by atoms with E-state index in [1.165, 1.54) is 0 Å². The fraction of sp³-hybridized carbons (Fsp3) is 0.333. The molecule has 2 unspecified atom stereocenters. The Labute approximate surface area is 227 Å². The molecule has 3 aromatic rings. The van der Waals surface area contributed by atoms with Crippen LogP contribution >= 0.6 is 0 Å². The number of hydrogen-bond donors (Lipinski definition) is 1. The van der Waals surface area contributed by atoms with E-state index in [4.69, 9.17) is 14.2 Å². The van der Waals surface area contributed by atoms with Gasteiger partial charge in [-0.05, 0) is 43.3 Å². The van der Waals surface area contributed by atoms with Crippen molar-refractivity contribution in [1.29, 1.82) is 0 Å². The number of rotatable bonds is 5. The van der Waals surface area contributed by atoms with Gasteiger partial charge in [0.25, 0.3) is 5.91 Å². The molecule has 6 rings (SSSR count). The number of urea groups is 1. The summed E-state index contributed by atoms with van der Waals surface area (Å²) in [6.45, 7) is 4.55. The van der Waals surface area contributed by atoms with Crippen LogP contribution in [0.1, 0.15) is 35.3 Å². The van der Waals surface area contributed by atoms with E-state index in [9.17, 15) is 9.59 Å². The summed E-state index contributed by atoms with van der Waals surface area (Å²) in [4.78, 5) is 32.6. The highest BCUT2D eigenvalue weighted by Crippen LogP contribution is 2.49. The summed E-state index contributed by atoms with van der Waals surface area (Å²) in [5, 5.41) is 3.11. The molecule has 9 nitrogen and oxygen atoms in total. The van der Waals surface area contributed by atoms with Crippen LogP contribution in [0.3, 0.4) is 0 Å². The van der Waals surface area contributed by atoms with Crippen molar-refractivity contribution >= 4 is 23.3 Å². The van der Waals surface area contributed by atoms with Crippen LogP contribution in [0, 0.1) is 0 Å². The average molecular weight is 529 g/mol. The van der Waals surface area contributed by atoms with Crippen LogP contribution in [0.5, 0.6) is 17.2 Å². The van der Waals surface area contributed by atoms with Gasteiger partial charge in [-0.15, -0.1) is 0 Å². The molecule has 2 atom stereocenters. The Bertz CT molecular complexity index is 1420. The van der Waals surface area contributed by atoms with Crippen molar-refractivity contribution < 1.29 is 23.8 Å². The van der Waals surface area contributed by atoms with Crippen molar-refractivity contribution in [2.24, 2.45) is 0 Å². The molecular weight excluding hydrogens is 496 g/mol. The number of hydrogen-bond acceptors (Lipinski definition) is 6. The van der Waals surface area contributed by atoms with Gasteiger partial charge in [0.1, 0.15) is 5.75 Å². The standard InChI is InChI=1S/C30H32N4O5/c1-30-19-25(24-11-6-12-26(38-3)27(24)39-30)31-29(36)34(30)22-9-4-7-20(17-22)28(35)33-15-13-32(14-16-33)21-8-5-10-23(18-21)37-2/h4-12,17-18,25H,13-16,19H2,1-3H3,(H,31,36). The predicted molar refractivity (Wildman–Crippen MR) is 148 cm³/mol. The van der Waals surface area contributed by atoms with Crippen LogP contribution in [0.4, 0.5) is 16.2 Å². The van der Waals surface area contributed by atoms with Crippen molar-refractivity contribution in [2.75, 3.05) is 50.2 Å². The van der Waals surface area contributed by atoms with Crippen molar-refractivity contribution in [3.05, 3.63) is 77.9 Å². The smallest absolute Gasteiger partial charge is 0.325 e. The van der Waals surface area contributed by atoms with E-state index in [1.807, 2.05) is 60.4 Å². The molecule has 3 aliphatic rings. The lowest BCUT2D eigenvalue weighted by Gasteiger charge is -2.50. The summed E-state index contributed by atoms with van der Waals surface area (Å²) in [5.74, 6) is 2.01. The third-order valence-corrected chi connectivity index (χ3v) is 7.82. The number of carbonyl (C=O) groups excluding carboxylic acids is 2. The minimum Gasteiger partial charge on any atom is -0.497 e. The van der Waals surface area contributed by atoms with E-state index in [0.717, 1.165) is 30.1 Å². The van der Waals surface area contributed by atoms with Crippen LogP contribution in [0.2, 0.25) is 0 Å². The molecule has 2 fully saturated rings. The topological polar surface area (TPSA) is 83.6 Å². The van der Waals surface area contributed by atoms with Crippen LogP contribution in [0.25, 0.3) is 0 Å². The Morgan fingerprint density at radius 2 is 1.69 bits per heavy atom. The van der Waals surface area contributed by atoms with Crippen LogP contribution in [-0.4, -0.2) is 63.0 Å². The zero-order chi connectivity index (χ0) is 27.1. The predicted octanol–water partition coefficient (Wildman–Crippen LogP) is 4.44. The highest BCUT2D eigenvalue weighted by atomic mass is 16.5. The van der Waals surface area contributed by atoms with Gasteiger partial charge < -0.3 is 29.3 Å². The monoisotopic (exact) mass is 528 g/mol. The fourth-order valence-corrected chi connectivity index (χ4v) is 5.85. The largest absolute Gasteiger partial charge is 0.497 e. The normalized spacial score (nSPS) is 22.0. The Hall–Kier alpha value is -4.40. The van der Waals surface area contributed by atoms with Gasteiger partial charge >= 0.3 is 6.03 Å². The quantitative estimate of drug-likeness (QED) is 0.528. The van der Waals surface area contributed by atoms with Gasteiger partial charge in [-0.25, -0.2) is 4.79 Å². The first-order chi connectivity index (χ1) is 18.9. The van der Waals surface area contributed by atoms with Crippen molar-refractivity contribution in [3.63, 3.8) is 0 Å². The molecule has 3 aromatic carbocycles. The van der Waals surface area contributed by atoms with Gasteiger partial charge in [-0.2, -0.15) is 0 Å². The number of para-hydroxylation sites is 1. The molecule has 3 heterocycles. The molecule has 0 saturated carbocycles. The third-order valence-electron chi connectivity index (χ3n) is 7.82. The molecule has 0 aliphatic carbocycles. The zero-order valence-corrected chi connectivity index (χ0v) is 22.3. The summed E-state index contributed by atoms with van der Waals surface area (Å²) in [6.07, 6.45) is 0.559. The molecule has 1 N–H and O–H groups in total. The van der Waals surface area contributed by atoms with Gasteiger partial charge in [0, 0.05) is 55.5 Å². The molecule has 202 valence electrons. The molecule has 0 radical (unpaired) electrons. The van der Waals surface area contributed by atoms with Gasteiger partial charge in [-0.3, -0.25) is 9.69 Å². The lowest BCUT2D eigenvalue weighted by Crippen LogP contribution is -2.65. The van der Waals surface area contributed by atoms with Gasteiger partial charge in [0.15, 0.2) is 17.2 Å². The number of nitrogens with one attached hydrogen (secondary N) is 1. The third kappa shape index (κ3) is 4.37. The number of carbonyl (C=O) groups is 2. The maximum absolute atomic E-state index is 13.5. The van der Waals surface area contributed by atoms with Crippen molar-refractivity contribution in [2.45, 2.75) is 25.1 Å². The summed E-state index contributed by atoms with van der Waals surface area (Å²) in [6, 6.07) is 20.4. The van der Waals surface area contributed by atoms with Crippen LogP contribution < -0.4 is 29.3 Å². The Morgan fingerprint density at radius 1 is 0.949 bits per heavy atom. The van der Waals surface area contributed by atoms with E-state index < -0.39 is 5.72 Å². The Kier molecular flexibility index (Phi) is 6.21. The zero-order valence-electron chi connectivity index (χ0n) is 22.3. The first kappa shape index (κ1) is 24.9. The lowest BCUT2D eigenvalue weighted by atomic mass is 9.89. The van der Waals surface area contributed by atoms with E-state index >= 15 is 0 Å². The molecule has 3 amide bonds. The van der Waals surface area contributed by atoms with Crippen molar-refractivity contribution in [3.8, 4) is 17.2 Å². The minimum absolute atomic E-state index is 0.0563. The highest BCUT2D eigenvalue weighted by Gasteiger charge is 2.50. The molecule has 39 heavy (non-hydrogen) atoms. The molecule has 0 aromatic heterocycles. The number of fused-ring (bicyclic) bond motifs is 4. The van der Waals surface area contributed by atoms with E-state index in [2.05, 4.69) is 16.3 Å². The second-order valence-electron chi connectivity index (χ2n) is 10.2. The van der Waals surface area contributed by atoms with E-state index in [-0.39, 0.29) is 18.0 Å². The van der Waals surface area contributed by atoms with Gasteiger partial charge in [-0.1, -0.05) is 24.3 Å². The second kappa shape index (κ2) is 9.72. The first-order valence-corrected chi connectivity index (χ1v) is 13.2. The molecule has 0 spiro atoms. The number of amides is 3. The van der Waals surface area contributed by atoms with Crippen LogP contribution in [-0.2, 0) is 0 Å². The second-order valence-corrected chi connectivity index (χ2v) is 10.2. The Balaban J connectivity index is 1.21. The fourth-order valence-electron chi connectivity index (χ4n) is 5.85. The van der Waals surface area contributed by atoms with Gasteiger partial charge in [0.2, 0.25) is 0 Å². The molecule has 2 saturated heterocycles. The number of benzene rings is 3. The number of piperazine rings is 1. The summed E-state index contributed by atoms with van der Waals surface area (Å²) in [5.41, 5.74) is 2.18. The van der Waals surface area contributed by atoms with Crippen molar-refractivity contribution in [1.82, 2.24) is 10.2 Å². The number of nitrogens with zero attached hydrogens (tertiary/aromatic N) is 3. The molecule has 2 bridgehead atoms. The lowest BCUT2D eigenvalue weighted by molar-refractivity contribution is 0.0349.